The molecule has 1 heterocycles. The fourth-order valence-electron chi connectivity index (χ4n) is 4.13. The Labute approximate surface area is 165 Å². The summed E-state index contributed by atoms with van der Waals surface area (Å²) in [7, 11) is 0. The fraction of sp³-hybridized carbons (Fsp3) is 0.632. The molecule has 5 heteroatoms. The molecule has 1 atom stereocenters. The van der Waals surface area contributed by atoms with Crippen molar-refractivity contribution in [2.24, 2.45) is 5.92 Å². The molecule has 2 aliphatic carbocycles. The van der Waals surface area contributed by atoms with Crippen molar-refractivity contribution >= 4 is 5.97 Å². The third-order valence-electron chi connectivity index (χ3n) is 5.66. The Morgan fingerprint density at radius 3 is 2.75 bits per heavy atom. The molecule has 124 valence electrons. The number of hydrogen-bond acceptors (Lipinski definition) is 4. The van der Waals surface area contributed by atoms with E-state index in [-0.39, 0.29) is 41.1 Å². The van der Waals surface area contributed by atoms with E-state index >= 15 is 0 Å². The second kappa shape index (κ2) is 7.46. The first-order valence-electron chi connectivity index (χ1n) is 8.81. The van der Waals surface area contributed by atoms with Gasteiger partial charge in [-0.1, -0.05) is 24.3 Å². The van der Waals surface area contributed by atoms with Crippen molar-refractivity contribution in [3.63, 3.8) is 0 Å². The third-order valence-corrected chi connectivity index (χ3v) is 5.66. The van der Waals surface area contributed by atoms with Crippen molar-refractivity contribution in [1.29, 1.82) is 0 Å². The normalized spacial score (nSPS) is 32.0. The Hall–Kier alpha value is -0.390. The van der Waals surface area contributed by atoms with Gasteiger partial charge in [0, 0.05) is 31.1 Å². The summed E-state index contributed by atoms with van der Waals surface area (Å²) in [5, 5.41) is 14.6. The van der Waals surface area contributed by atoms with Crippen LogP contribution in [0.1, 0.15) is 55.6 Å². The van der Waals surface area contributed by atoms with E-state index in [0.29, 0.717) is 18.9 Å². The third kappa shape index (κ3) is 4.05. The first-order chi connectivity index (χ1) is 11.1. The number of carboxylic acid groups (broad SMARTS) is 1. The van der Waals surface area contributed by atoms with Crippen molar-refractivity contribution in [1.82, 2.24) is 5.32 Å². The monoisotopic (exact) mass is 337 g/mol. The van der Waals surface area contributed by atoms with Gasteiger partial charge in [0.25, 0.3) is 0 Å². The maximum Gasteiger partial charge on any atom is 1.00 e. The summed E-state index contributed by atoms with van der Waals surface area (Å²) < 4.78 is 5.89. The zero-order valence-electron chi connectivity index (χ0n) is 14.4. The maximum atomic E-state index is 10.9. The topological polar surface area (TPSA) is 61.4 Å². The van der Waals surface area contributed by atoms with Gasteiger partial charge in [0.1, 0.15) is 0 Å². The largest absolute Gasteiger partial charge is 1.00 e. The van der Waals surface area contributed by atoms with Gasteiger partial charge in [-0.25, -0.2) is 0 Å². The van der Waals surface area contributed by atoms with Gasteiger partial charge in [-0.2, -0.15) is 0 Å². The molecule has 4 rings (SSSR count). The number of benzene rings is 1. The van der Waals surface area contributed by atoms with E-state index in [1.165, 1.54) is 24.0 Å². The molecule has 2 saturated carbocycles. The quantitative estimate of drug-likeness (QED) is 0.681. The van der Waals surface area contributed by atoms with Crippen molar-refractivity contribution < 1.29 is 44.2 Å². The zero-order chi connectivity index (χ0) is 15.9. The van der Waals surface area contributed by atoms with Gasteiger partial charge in [0.15, 0.2) is 0 Å². The predicted octanol–water partition coefficient (Wildman–Crippen LogP) is -1.26. The van der Waals surface area contributed by atoms with Crippen LogP contribution in [0.25, 0.3) is 0 Å². The van der Waals surface area contributed by atoms with E-state index in [2.05, 4.69) is 29.6 Å². The van der Waals surface area contributed by atoms with Crippen molar-refractivity contribution in [2.45, 2.75) is 62.6 Å². The molecule has 0 bridgehead atoms. The number of carbonyl (C=O) groups excluding carboxylic acids is 1. The molecule has 3 aliphatic rings. The van der Waals surface area contributed by atoms with Gasteiger partial charge in [-0.05, 0) is 55.6 Å². The number of nitrogens with one attached hydrogen (secondary N) is 1. The van der Waals surface area contributed by atoms with Crippen LogP contribution in [0.15, 0.2) is 24.3 Å². The molecule has 1 N–H and O–H groups in total. The number of ether oxygens (including phenoxy) is 1. The summed E-state index contributed by atoms with van der Waals surface area (Å²) in [4.78, 5) is 10.9. The number of aliphatic carboxylic acids is 1. The smallest absolute Gasteiger partial charge is 0.550 e. The van der Waals surface area contributed by atoms with Crippen LogP contribution in [0.3, 0.4) is 0 Å². The number of rotatable bonds is 5. The second-order valence-electron chi connectivity index (χ2n) is 7.55. The Morgan fingerprint density at radius 1 is 1.25 bits per heavy atom. The molecule has 0 aromatic heterocycles. The minimum absolute atomic E-state index is 0. The van der Waals surface area contributed by atoms with Gasteiger partial charge in [0.2, 0.25) is 0 Å². The molecule has 1 spiro atoms. The first-order valence-corrected chi connectivity index (χ1v) is 8.81. The van der Waals surface area contributed by atoms with E-state index in [9.17, 15) is 9.90 Å². The Morgan fingerprint density at radius 2 is 2.04 bits per heavy atom. The fourth-order valence-corrected chi connectivity index (χ4v) is 4.13. The van der Waals surface area contributed by atoms with Crippen LogP contribution < -0.4 is 40.0 Å². The van der Waals surface area contributed by atoms with E-state index in [1.54, 1.807) is 0 Å². The number of hydrogen-bond donors (Lipinski definition) is 1. The van der Waals surface area contributed by atoms with Crippen molar-refractivity contribution in [3.8, 4) is 0 Å². The summed E-state index contributed by atoms with van der Waals surface area (Å²) in [6.07, 6.45) is 5.81. The summed E-state index contributed by atoms with van der Waals surface area (Å²) in [6.45, 7) is 1.60. The molecule has 24 heavy (non-hydrogen) atoms. The van der Waals surface area contributed by atoms with Crippen molar-refractivity contribution in [2.75, 3.05) is 6.61 Å². The van der Waals surface area contributed by atoms with Gasteiger partial charge in [-0.3, -0.25) is 0 Å². The zero-order valence-corrected chi connectivity index (χ0v) is 16.4. The Kier molecular flexibility index (Phi) is 5.72. The first kappa shape index (κ1) is 18.4. The van der Waals surface area contributed by atoms with Crippen LogP contribution in [0.2, 0.25) is 0 Å². The van der Waals surface area contributed by atoms with Crippen LogP contribution in [0.5, 0.6) is 0 Å². The van der Waals surface area contributed by atoms with Crippen LogP contribution in [0.4, 0.5) is 0 Å². The predicted molar refractivity (Wildman–Crippen MR) is 84.7 cm³/mol. The molecule has 1 aromatic rings. The second-order valence-corrected chi connectivity index (χ2v) is 7.55. The van der Waals surface area contributed by atoms with Crippen LogP contribution in [-0.4, -0.2) is 24.2 Å². The molecular weight excluding hydrogens is 313 g/mol. The molecule has 4 nitrogen and oxygen atoms in total. The average Bonchev–Trinajstić information content (AvgIpc) is 3.36. The minimum atomic E-state index is -0.925. The SMILES string of the molecule is O=C([O-])C1CC2(CC(NCc3cccc(C4CC4)c3)CCO2)C1.[Na+]. The summed E-state index contributed by atoms with van der Waals surface area (Å²) >= 11 is 0. The summed E-state index contributed by atoms with van der Waals surface area (Å²) in [6, 6.07) is 9.32. The van der Waals surface area contributed by atoms with Crippen LogP contribution in [0, 0.1) is 5.92 Å². The van der Waals surface area contributed by atoms with Crippen LogP contribution in [-0.2, 0) is 16.1 Å². The molecule has 1 aliphatic heterocycles. The van der Waals surface area contributed by atoms with E-state index in [4.69, 9.17) is 4.74 Å². The van der Waals surface area contributed by atoms with Gasteiger partial charge < -0.3 is 20.0 Å². The van der Waals surface area contributed by atoms with E-state index in [1.807, 2.05) is 0 Å². The Bertz CT molecular complexity index is 596. The Balaban J connectivity index is 0.00000169. The molecule has 3 fully saturated rings. The number of carboxylic acids is 1. The molecule has 0 radical (unpaired) electrons. The van der Waals surface area contributed by atoms with E-state index < -0.39 is 5.97 Å². The molecular formula is C19H24NNaO3. The van der Waals surface area contributed by atoms with Gasteiger partial charge in [0.05, 0.1) is 5.60 Å². The van der Waals surface area contributed by atoms with Gasteiger partial charge in [-0.15, -0.1) is 0 Å². The summed E-state index contributed by atoms with van der Waals surface area (Å²) in [5.41, 5.74) is 2.61. The minimum Gasteiger partial charge on any atom is -0.550 e. The van der Waals surface area contributed by atoms with E-state index in [0.717, 1.165) is 31.9 Å². The standard InChI is InChI=1S/C19H25NO3.Na/c21-18(22)16-9-19(10-16)11-17(6-7-23-19)20-12-13-2-1-3-15(8-13)14-4-5-14;/h1-3,8,14,16-17,20H,4-7,9-12H2,(H,21,22);/q;+1/p-1. The van der Waals surface area contributed by atoms with Crippen LogP contribution >= 0.6 is 0 Å². The summed E-state index contributed by atoms with van der Waals surface area (Å²) in [5.74, 6) is -0.451. The maximum absolute atomic E-state index is 10.9. The van der Waals surface area contributed by atoms with Gasteiger partial charge >= 0.3 is 29.6 Å². The molecule has 1 unspecified atom stereocenters. The molecule has 1 aromatic carbocycles. The average molecular weight is 337 g/mol. The molecule has 1 saturated heterocycles. The molecule has 0 amide bonds. The number of carbonyl (C=O) groups is 1. The van der Waals surface area contributed by atoms with Crippen molar-refractivity contribution in [3.05, 3.63) is 35.4 Å².